The summed E-state index contributed by atoms with van der Waals surface area (Å²) >= 11 is 0. The fourth-order valence-corrected chi connectivity index (χ4v) is 4.37. The van der Waals surface area contributed by atoms with Gasteiger partial charge < -0.3 is 0 Å². The van der Waals surface area contributed by atoms with Crippen LogP contribution in [0.25, 0.3) is 0 Å². The molecule has 0 spiro atoms. The van der Waals surface area contributed by atoms with Gasteiger partial charge in [0.15, 0.2) is 5.78 Å². The molecule has 3 atom stereocenters. The molecule has 2 aliphatic rings. The van der Waals surface area contributed by atoms with Gasteiger partial charge in [0, 0.05) is 5.92 Å². The van der Waals surface area contributed by atoms with Crippen molar-refractivity contribution in [3.8, 4) is 0 Å². The summed E-state index contributed by atoms with van der Waals surface area (Å²) in [6.45, 7) is 11.3. The smallest absolute Gasteiger partial charge is 0.155 e. The van der Waals surface area contributed by atoms with Crippen molar-refractivity contribution < 1.29 is 4.79 Å². The van der Waals surface area contributed by atoms with Crippen LogP contribution in [0, 0.1) is 17.8 Å². The predicted octanol–water partition coefficient (Wildman–Crippen LogP) is 3.89. The third-order valence-corrected chi connectivity index (χ3v) is 5.57. The van der Waals surface area contributed by atoms with Gasteiger partial charge in [0.05, 0.1) is 5.54 Å². The average molecular weight is 265 g/mol. The van der Waals surface area contributed by atoms with Crippen LogP contribution < -0.4 is 0 Å². The molecule has 19 heavy (non-hydrogen) atoms. The Hall–Kier alpha value is -0.370. The van der Waals surface area contributed by atoms with Crippen molar-refractivity contribution in [2.24, 2.45) is 17.8 Å². The lowest BCUT2D eigenvalue weighted by Crippen LogP contribution is -2.53. The lowest BCUT2D eigenvalue weighted by atomic mass is 9.70. The zero-order chi connectivity index (χ0) is 14.0. The molecule has 0 aromatic rings. The zero-order valence-electron chi connectivity index (χ0n) is 13.2. The molecule has 1 aliphatic carbocycles. The van der Waals surface area contributed by atoms with Crippen LogP contribution in [-0.4, -0.2) is 29.3 Å². The van der Waals surface area contributed by atoms with Crippen molar-refractivity contribution >= 4 is 5.78 Å². The molecule has 0 aromatic heterocycles. The maximum atomic E-state index is 13.1. The van der Waals surface area contributed by atoms with Gasteiger partial charge in [0.1, 0.15) is 0 Å². The molecule has 0 N–H and O–H groups in total. The lowest BCUT2D eigenvalue weighted by molar-refractivity contribution is -0.136. The fraction of sp³-hybridized carbons (Fsp3) is 0.941. The van der Waals surface area contributed by atoms with E-state index in [0.717, 1.165) is 44.2 Å². The van der Waals surface area contributed by atoms with Crippen molar-refractivity contribution in [3.05, 3.63) is 0 Å². The molecule has 2 heteroatoms. The minimum atomic E-state index is -0.196. The summed E-state index contributed by atoms with van der Waals surface area (Å²) in [5.41, 5.74) is -0.196. The number of rotatable bonds is 4. The van der Waals surface area contributed by atoms with Crippen molar-refractivity contribution in [1.82, 2.24) is 4.90 Å². The van der Waals surface area contributed by atoms with Gasteiger partial charge in [-0.15, -0.1) is 0 Å². The molecule has 110 valence electrons. The van der Waals surface area contributed by atoms with Crippen LogP contribution in [0.4, 0.5) is 0 Å². The van der Waals surface area contributed by atoms with Gasteiger partial charge in [-0.2, -0.15) is 0 Å². The summed E-state index contributed by atoms with van der Waals surface area (Å²) in [5.74, 6) is 2.29. The summed E-state index contributed by atoms with van der Waals surface area (Å²) < 4.78 is 0. The minimum absolute atomic E-state index is 0.196. The third kappa shape index (κ3) is 3.04. The van der Waals surface area contributed by atoms with Crippen molar-refractivity contribution in [1.29, 1.82) is 0 Å². The van der Waals surface area contributed by atoms with Crippen LogP contribution in [0.5, 0.6) is 0 Å². The van der Waals surface area contributed by atoms with E-state index in [2.05, 4.69) is 32.6 Å². The van der Waals surface area contributed by atoms with Crippen LogP contribution in [0.15, 0.2) is 0 Å². The summed E-state index contributed by atoms with van der Waals surface area (Å²) in [5, 5.41) is 0. The molecule has 2 rings (SSSR count). The number of nitrogens with zero attached hydrogens (tertiary/aromatic N) is 1. The van der Waals surface area contributed by atoms with Gasteiger partial charge >= 0.3 is 0 Å². The molecule has 1 saturated heterocycles. The van der Waals surface area contributed by atoms with Gasteiger partial charge in [-0.05, 0) is 70.4 Å². The second kappa shape index (κ2) is 5.95. The molecule has 0 bridgehead atoms. The molecule has 0 amide bonds. The van der Waals surface area contributed by atoms with Gasteiger partial charge in [0.2, 0.25) is 0 Å². The third-order valence-electron chi connectivity index (χ3n) is 5.57. The van der Waals surface area contributed by atoms with Crippen LogP contribution in [-0.2, 0) is 4.79 Å². The average Bonchev–Trinajstić information content (AvgIpc) is 2.90. The second-order valence-electron chi connectivity index (χ2n) is 7.30. The van der Waals surface area contributed by atoms with Gasteiger partial charge in [-0.3, -0.25) is 9.69 Å². The Morgan fingerprint density at radius 1 is 1.11 bits per heavy atom. The first-order valence-corrected chi connectivity index (χ1v) is 8.26. The summed E-state index contributed by atoms with van der Waals surface area (Å²) in [6.07, 6.45) is 7.03. The summed E-state index contributed by atoms with van der Waals surface area (Å²) in [4.78, 5) is 15.5. The number of hydrogen-bond donors (Lipinski definition) is 0. The van der Waals surface area contributed by atoms with E-state index in [1.165, 1.54) is 19.3 Å². The molecule has 0 radical (unpaired) electrons. The number of ketones is 1. The van der Waals surface area contributed by atoms with E-state index in [0.29, 0.717) is 11.7 Å². The number of Topliss-reactive ketones (excluding diaryl/α,β-unsaturated/α-hetero) is 1. The Kier molecular flexibility index (Phi) is 4.70. The van der Waals surface area contributed by atoms with Crippen LogP contribution >= 0.6 is 0 Å². The highest BCUT2D eigenvalue weighted by atomic mass is 16.1. The van der Waals surface area contributed by atoms with E-state index in [1.807, 2.05) is 0 Å². The highest BCUT2D eigenvalue weighted by Crippen LogP contribution is 2.38. The standard InChI is InChI=1S/C17H31NO/c1-5-17(4,18-8-6-7-9-18)16(19)15-11-13(2)10-14(3)12-15/h13-15H,5-12H2,1-4H3. The monoisotopic (exact) mass is 265 g/mol. The lowest BCUT2D eigenvalue weighted by Gasteiger charge is -2.41. The van der Waals surface area contributed by atoms with Crippen LogP contribution in [0.3, 0.4) is 0 Å². The molecule has 3 unspecified atom stereocenters. The fourth-order valence-electron chi connectivity index (χ4n) is 4.37. The highest BCUT2D eigenvalue weighted by molar-refractivity contribution is 5.90. The molecule has 1 aliphatic heterocycles. The van der Waals surface area contributed by atoms with Crippen LogP contribution in [0.2, 0.25) is 0 Å². The number of carbonyl (C=O) groups is 1. The molecular formula is C17H31NO. The predicted molar refractivity (Wildman–Crippen MR) is 80.2 cm³/mol. The SMILES string of the molecule is CCC(C)(C(=O)C1CC(C)CC(C)C1)N1CCCC1. The van der Waals surface area contributed by atoms with E-state index in [1.54, 1.807) is 0 Å². The Morgan fingerprint density at radius 3 is 2.11 bits per heavy atom. The Balaban J connectivity index is 2.11. The van der Waals surface area contributed by atoms with Gasteiger partial charge in [-0.25, -0.2) is 0 Å². The van der Waals surface area contributed by atoms with E-state index in [4.69, 9.17) is 0 Å². The maximum Gasteiger partial charge on any atom is 0.155 e. The number of hydrogen-bond acceptors (Lipinski definition) is 2. The minimum Gasteiger partial charge on any atom is -0.297 e. The van der Waals surface area contributed by atoms with Gasteiger partial charge in [0.25, 0.3) is 0 Å². The Bertz CT molecular complexity index is 311. The largest absolute Gasteiger partial charge is 0.297 e. The van der Waals surface area contributed by atoms with Crippen molar-refractivity contribution in [3.63, 3.8) is 0 Å². The highest BCUT2D eigenvalue weighted by Gasteiger charge is 2.43. The van der Waals surface area contributed by atoms with E-state index in [9.17, 15) is 4.79 Å². The molecule has 1 heterocycles. The van der Waals surface area contributed by atoms with Crippen molar-refractivity contribution in [2.75, 3.05) is 13.1 Å². The van der Waals surface area contributed by atoms with Crippen molar-refractivity contribution in [2.45, 2.75) is 71.8 Å². The molecule has 2 nitrogen and oxygen atoms in total. The first-order chi connectivity index (χ1) is 8.97. The van der Waals surface area contributed by atoms with E-state index in [-0.39, 0.29) is 5.54 Å². The summed E-state index contributed by atoms with van der Waals surface area (Å²) in [7, 11) is 0. The molecule has 1 saturated carbocycles. The van der Waals surface area contributed by atoms with Gasteiger partial charge in [-0.1, -0.05) is 20.8 Å². The number of carbonyl (C=O) groups excluding carboxylic acids is 1. The Labute approximate surface area is 118 Å². The second-order valence-corrected chi connectivity index (χ2v) is 7.30. The first kappa shape index (κ1) is 15.0. The number of likely N-dealkylation sites (tertiary alicyclic amines) is 1. The normalized spacial score (nSPS) is 36.1. The van der Waals surface area contributed by atoms with E-state index >= 15 is 0 Å². The quantitative estimate of drug-likeness (QED) is 0.768. The zero-order valence-corrected chi connectivity index (χ0v) is 13.2. The van der Waals surface area contributed by atoms with E-state index < -0.39 is 0 Å². The maximum absolute atomic E-state index is 13.1. The first-order valence-electron chi connectivity index (χ1n) is 8.26. The molecular weight excluding hydrogens is 234 g/mol. The molecule has 2 fully saturated rings. The molecule has 0 aromatic carbocycles. The summed E-state index contributed by atoms with van der Waals surface area (Å²) in [6, 6.07) is 0. The van der Waals surface area contributed by atoms with Crippen LogP contribution in [0.1, 0.15) is 66.2 Å². The Morgan fingerprint density at radius 2 is 1.63 bits per heavy atom. The topological polar surface area (TPSA) is 20.3 Å².